The number of carbonyl (C=O) groups is 1. The van der Waals surface area contributed by atoms with Crippen LogP contribution in [0.25, 0.3) is 11.3 Å². The van der Waals surface area contributed by atoms with E-state index in [1.807, 2.05) is 0 Å². The van der Waals surface area contributed by atoms with Crippen molar-refractivity contribution in [2.75, 3.05) is 0 Å². The molecule has 0 saturated heterocycles. The summed E-state index contributed by atoms with van der Waals surface area (Å²) in [5.74, 6) is -0.836. The van der Waals surface area contributed by atoms with Crippen LogP contribution >= 0.6 is 11.3 Å². The molecule has 0 aliphatic heterocycles. The SMILES string of the molecule is C.CCCC(CCCCc1nc(-c2ccc3c(c2)C(C)(C)CCC3(C)C)cs1)C(=O)O. The summed E-state index contributed by atoms with van der Waals surface area (Å²) >= 11 is 1.73. The van der Waals surface area contributed by atoms with Gasteiger partial charge in [-0.05, 0) is 66.5 Å². The molecule has 3 nitrogen and oxygen atoms in total. The number of hydrogen-bond acceptors (Lipinski definition) is 3. The number of fused-ring (bicyclic) bond motifs is 1. The van der Waals surface area contributed by atoms with Crippen LogP contribution in [-0.2, 0) is 22.0 Å². The van der Waals surface area contributed by atoms with Crippen molar-refractivity contribution in [3.8, 4) is 11.3 Å². The molecule has 1 aliphatic carbocycles. The normalized spacial score (nSPS) is 17.5. The van der Waals surface area contributed by atoms with Gasteiger partial charge in [-0.15, -0.1) is 11.3 Å². The minimum Gasteiger partial charge on any atom is -0.481 e. The summed E-state index contributed by atoms with van der Waals surface area (Å²) < 4.78 is 0. The number of aliphatic carboxylic acids is 1. The molecular weight excluding hydrogens is 402 g/mol. The van der Waals surface area contributed by atoms with Gasteiger partial charge in [0.1, 0.15) is 0 Å². The van der Waals surface area contributed by atoms with Gasteiger partial charge in [0, 0.05) is 10.9 Å². The first-order valence-corrected chi connectivity index (χ1v) is 12.3. The number of nitrogens with zero attached hydrogens (tertiary/aromatic N) is 1. The van der Waals surface area contributed by atoms with Crippen LogP contribution in [0.1, 0.15) is 103 Å². The standard InChI is InChI=1S/C26H37NO2S.CH4/c1-6-9-18(24(28)29)10-7-8-11-23-27-22(17-30-23)19-12-13-20-21(16-19)26(4,5)15-14-25(20,2)3;/h12-13,16-18H,6-11,14-15H2,1-5H3,(H,28,29);1H4. The number of carboxylic acids is 1. The molecule has 0 amide bonds. The lowest BCUT2D eigenvalue weighted by Crippen LogP contribution is -2.33. The second-order valence-corrected chi connectivity index (χ2v) is 11.2. The molecule has 4 heteroatoms. The second kappa shape index (κ2) is 10.3. The minimum absolute atomic E-state index is 0. The second-order valence-electron chi connectivity index (χ2n) is 10.2. The fraction of sp³-hybridized carbons (Fsp3) is 0.630. The van der Waals surface area contributed by atoms with E-state index in [4.69, 9.17) is 4.98 Å². The van der Waals surface area contributed by atoms with Crippen LogP contribution < -0.4 is 0 Å². The minimum atomic E-state index is -0.646. The zero-order chi connectivity index (χ0) is 21.9. The van der Waals surface area contributed by atoms with Gasteiger partial charge in [0.05, 0.1) is 16.6 Å². The van der Waals surface area contributed by atoms with Gasteiger partial charge in [-0.25, -0.2) is 4.98 Å². The van der Waals surface area contributed by atoms with Gasteiger partial charge < -0.3 is 5.11 Å². The Hall–Kier alpha value is -1.68. The molecule has 0 spiro atoms. The van der Waals surface area contributed by atoms with Crippen molar-refractivity contribution in [2.45, 2.75) is 104 Å². The third-order valence-corrected chi connectivity index (χ3v) is 7.79. The molecule has 0 radical (unpaired) electrons. The van der Waals surface area contributed by atoms with E-state index in [9.17, 15) is 9.90 Å². The molecule has 1 heterocycles. The van der Waals surface area contributed by atoms with Gasteiger partial charge in [-0.1, -0.05) is 67.0 Å². The van der Waals surface area contributed by atoms with Gasteiger partial charge in [0.15, 0.2) is 0 Å². The number of aryl methyl sites for hydroxylation is 1. The maximum atomic E-state index is 11.3. The third-order valence-electron chi connectivity index (χ3n) is 6.88. The van der Waals surface area contributed by atoms with E-state index < -0.39 is 5.97 Å². The van der Waals surface area contributed by atoms with Crippen molar-refractivity contribution >= 4 is 17.3 Å². The number of unbranched alkanes of at least 4 members (excludes halogenated alkanes) is 1. The first-order valence-electron chi connectivity index (χ1n) is 11.5. The van der Waals surface area contributed by atoms with Crippen LogP contribution in [0.15, 0.2) is 23.6 Å². The first-order chi connectivity index (χ1) is 14.1. The van der Waals surface area contributed by atoms with E-state index in [1.54, 1.807) is 11.3 Å². The highest BCUT2D eigenvalue weighted by atomic mass is 32.1. The lowest BCUT2D eigenvalue weighted by Gasteiger charge is -2.42. The topological polar surface area (TPSA) is 50.2 Å². The molecule has 172 valence electrons. The van der Waals surface area contributed by atoms with Crippen molar-refractivity contribution in [1.29, 1.82) is 0 Å². The molecule has 31 heavy (non-hydrogen) atoms. The Bertz CT molecular complexity index is 881. The van der Waals surface area contributed by atoms with Gasteiger partial charge >= 0.3 is 5.97 Å². The van der Waals surface area contributed by atoms with E-state index in [0.717, 1.165) is 49.2 Å². The molecule has 2 aromatic rings. The summed E-state index contributed by atoms with van der Waals surface area (Å²) in [6.45, 7) is 11.5. The first kappa shape index (κ1) is 25.6. The van der Waals surface area contributed by atoms with E-state index in [-0.39, 0.29) is 24.2 Å². The Morgan fingerprint density at radius 2 is 1.77 bits per heavy atom. The maximum absolute atomic E-state index is 11.3. The third kappa shape index (κ3) is 5.97. The van der Waals surface area contributed by atoms with Crippen LogP contribution in [0.4, 0.5) is 0 Å². The molecule has 1 aliphatic rings. The highest BCUT2D eigenvalue weighted by molar-refractivity contribution is 7.09. The monoisotopic (exact) mass is 443 g/mol. The van der Waals surface area contributed by atoms with Gasteiger partial charge in [0.2, 0.25) is 0 Å². The van der Waals surface area contributed by atoms with E-state index >= 15 is 0 Å². The Labute approximate surface area is 193 Å². The summed E-state index contributed by atoms with van der Waals surface area (Å²) in [6, 6.07) is 6.94. The summed E-state index contributed by atoms with van der Waals surface area (Å²) in [4.78, 5) is 16.2. The molecule has 1 aromatic carbocycles. The Morgan fingerprint density at radius 1 is 1.10 bits per heavy atom. The Kier molecular flexibility index (Phi) is 8.49. The fourth-order valence-corrected chi connectivity index (χ4v) is 5.56. The molecule has 3 rings (SSSR count). The number of benzene rings is 1. The largest absolute Gasteiger partial charge is 0.481 e. The lowest BCUT2D eigenvalue weighted by molar-refractivity contribution is -0.142. The summed E-state index contributed by atoms with van der Waals surface area (Å²) in [5, 5.41) is 12.6. The van der Waals surface area contributed by atoms with Gasteiger partial charge in [0.25, 0.3) is 0 Å². The molecule has 0 saturated carbocycles. The van der Waals surface area contributed by atoms with Crippen LogP contribution in [0, 0.1) is 5.92 Å². The fourth-order valence-electron chi connectivity index (χ4n) is 4.71. The van der Waals surface area contributed by atoms with Crippen LogP contribution in [-0.4, -0.2) is 16.1 Å². The molecular formula is C27H41NO2S. The van der Waals surface area contributed by atoms with Crippen molar-refractivity contribution < 1.29 is 9.90 Å². The van der Waals surface area contributed by atoms with Crippen molar-refractivity contribution in [1.82, 2.24) is 4.98 Å². The zero-order valence-electron chi connectivity index (χ0n) is 19.3. The zero-order valence-corrected chi connectivity index (χ0v) is 20.1. The van der Waals surface area contributed by atoms with Crippen LogP contribution in [0.2, 0.25) is 0 Å². The summed E-state index contributed by atoms with van der Waals surface area (Å²) in [5.41, 5.74) is 5.70. The maximum Gasteiger partial charge on any atom is 0.306 e. The van der Waals surface area contributed by atoms with E-state index in [1.165, 1.54) is 29.5 Å². The quantitative estimate of drug-likeness (QED) is 0.399. The predicted octanol–water partition coefficient (Wildman–Crippen LogP) is 8.01. The molecule has 0 bridgehead atoms. The number of thiazole rings is 1. The Balaban J connectivity index is 0.00000341. The van der Waals surface area contributed by atoms with Crippen LogP contribution in [0.5, 0.6) is 0 Å². The number of carboxylic acid groups (broad SMARTS) is 1. The summed E-state index contributed by atoms with van der Waals surface area (Å²) in [7, 11) is 0. The van der Waals surface area contributed by atoms with E-state index in [2.05, 4.69) is 58.2 Å². The molecule has 0 fully saturated rings. The molecule has 1 atom stereocenters. The van der Waals surface area contributed by atoms with Crippen molar-refractivity contribution in [3.05, 3.63) is 39.7 Å². The lowest BCUT2D eigenvalue weighted by atomic mass is 9.63. The average Bonchev–Trinajstić information content (AvgIpc) is 3.16. The van der Waals surface area contributed by atoms with Crippen molar-refractivity contribution in [3.63, 3.8) is 0 Å². The average molecular weight is 444 g/mol. The Morgan fingerprint density at radius 3 is 2.42 bits per heavy atom. The highest BCUT2D eigenvalue weighted by Crippen LogP contribution is 2.46. The smallest absolute Gasteiger partial charge is 0.306 e. The predicted molar refractivity (Wildman–Crippen MR) is 133 cm³/mol. The summed E-state index contributed by atoms with van der Waals surface area (Å²) in [6.07, 6.45) is 7.83. The molecule has 1 aromatic heterocycles. The number of rotatable bonds is 9. The van der Waals surface area contributed by atoms with Gasteiger partial charge in [-0.3, -0.25) is 4.79 Å². The number of hydrogen-bond donors (Lipinski definition) is 1. The molecule has 1 N–H and O–H groups in total. The van der Waals surface area contributed by atoms with Gasteiger partial charge in [-0.2, -0.15) is 0 Å². The number of aromatic nitrogens is 1. The highest BCUT2D eigenvalue weighted by Gasteiger charge is 2.37. The van der Waals surface area contributed by atoms with Crippen LogP contribution in [0.3, 0.4) is 0 Å². The molecule has 1 unspecified atom stereocenters. The van der Waals surface area contributed by atoms with Crippen molar-refractivity contribution in [2.24, 2.45) is 5.92 Å². The van der Waals surface area contributed by atoms with E-state index in [0.29, 0.717) is 0 Å².